The summed E-state index contributed by atoms with van der Waals surface area (Å²) in [6.45, 7) is 2.16. The maximum Gasteiger partial charge on any atom is 0.347 e. The topological polar surface area (TPSA) is 58.4 Å². The molecule has 6 heteroatoms. The number of hydrogen-bond donors (Lipinski definition) is 0. The Hall–Kier alpha value is -2.47. The summed E-state index contributed by atoms with van der Waals surface area (Å²) in [5, 5.41) is 0. The van der Waals surface area contributed by atoms with Gasteiger partial charge >= 0.3 is 5.69 Å². The Balaban J connectivity index is 1.72. The Labute approximate surface area is 135 Å². The first-order chi connectivity index (χ1) is 11.1. The van der Waals surface area contributed by atoms with E-state index in [-0.39, 0.29) is 18.5 Å². The molecule has 1 aromatic heterocycles. The van der Waals surface area contributed by atoms with E-state index in [4.69, 9.17) is 0 Å². The molecule has 2 heterocycles. The van der Waals surface area contributed by atoms with Gasteiger partial charge in [0.25, 0.3) is 0 Å². The van der Waals surface area contributed by atoms with E-state index < -0.39 is 5.69 Å². The molecule has 3 rings (SSSR count). The Kier molecular flexibility index (Phi) is 4.52. The van der Waals surface area contributed by atoms with Crippen molar-refractivity contribution in [3.05, 3.63) is 64.8 Å². The number of rotatable bonds is 3. The lowest BCUT2D eigenvalue weighted by molar-refractivity contribution is -0.134. The van der Waals surface area contributed by atoms with E-state index in [2.05, 4.69) is 29.1 Å². The molecule has 23 heavy (non-hydrogen) atoms. The zero-order chi connectivity index (χ0) is 16.2. The van der Waals surface area contributed by atoms with Crippen LogP contribution in [-0.2, 0) is 11.3 Å². The molecule has 0 saturated carbocycles. The molecular weight excluding hydrogens is 292 g/mol. The molecule has 0 radical (unpaired) electrons. The van der Waals surface area contributed by atoms with Gasteiger partial charge in [0.05, 0.1) is 6.04 Å². The first-order valence-electron chi connectivity index (χ1n) is 7.69. The van der Waals surface area contributed by atoms with Crippen LogP contribution in [0.4, 0.5) is 0 Å². The number of amides is 1. The molecule has 0 aliphatic carbocycles. The van der Waals surface area contributed by atoms with Gasteiger partial charge in [0.1, 0.15) is 6.54 Å². The normalized spacial score (nSPS) is 18.8. The zero-order valence-electron chi connectivity index (χ0n) is 13.1. The fraction of sp³-hybridized carbons (Fsp3) is 0.353. The van der Waals surface area contributed by atoms with Crippen molar-refractivity contribution in [1.82, 2.24) is 19.4 Å². The number of aromatic nitrogens is 2. The first kappa shape index (κ1) is 15.4. The second-order valence-corrected chi connectivity index (χ2v) is 5.78. The number of piperazine rings is 1. The van der Waals surface area contributed by atoms with Crippen molar-refractivity contribution in [2.45, 2.75) is 12.6 Å². The quantitative estimate of drug-likeness (QED) is 0.839. The van der Waals surface area contributed by atoms with E-state index >= 15 is 0 Å². The molecule has 0 bridgehead atoms. The summed E-state index contributed by atoms with van der Waals surface area (Å²) in [6.07, 6.45) is 3.03. The molecule has 1 atom stereocenters. The van der Waals surface area contributed by atoms with Crippen molar-refractivity contribution in [2.24, 2.45) is 0 Å². The van der Waals surface area contributed by atoms with Crippen LogP contribution in [0, 0.1) is 0 Å². The second-order valence-electron chi connectivity index (χ2n) is 5.78. The third kappa shape index (κ3) is 3.48. The SMILES string of the molecule is CN1CCN(C(=O)Cn2cccnc2=O)CC1c1ccccc1. The number of carbonyl (C=O) groups is 1. The summed E-state index contributed by atoms with van der Waals surface area (Å²) in [7, 11) is 2.07. The van der Waals surface area contributed by atoms with Gasteiger partial charge in [0.15, 0.2) is 0 Å². The summed E-state index contributed by atoms with van der Waals surface area (Å²) in [5.41, 5.74) is 0.806. The minimum Gasteiger partial charge on any atom is -0.338 e. The lowest BCUT2D eigenvalue weighted by Gasteiger charge is -2.39. The number of benzene rings is 1. The van der Waals surface area contributed by atoms with Gasteiger partial charge in [-0.3, -0.25) is 14.3 Å². The molecular formula is C17H20N4O2. The van der Waals surface area contributed by atoms with Crippen LogP contribution >= 0.6 is 0 Å². The van der Waals surface area contributed by atoms with Gasteiger partial charge in [0, 0.05) is 32.0 Å². The Morgan fingerprint density at radius 3 is 2.74 bits per heavy atom. The zero-order valence-corrected chi connectivity index (χ0v) is 13.1. The highest BCUT2D eigenvalue weighted by Gasteiger charge is 2.28. The minimum absolute atomic E-state index is 0.0396. The van der Waals surface area contributed by atoms with Crippen molar-refractivity contribution in [3.8, 4) is 0 Å². The number of nitrogens with zero attached hydrogens (tertiary/aromatic N) is 4. The highest BCUT2D eigenvalue weighted by Crippen LogP contribution is 2.23. The van der Waals surface area contributed by atoms with Gasteiger partial charge in [-0.2, -0.15) is 0 Å². The summed E-state index contributed by atoms with van der Waals surface area (Å²) in [6, 6.07) is 12.0. The Bertz CT molecular complexity index is 729. The summed E-state index contributed by atoms with van der Waals surface area (Å²) < 4.78 is 1.35. The fourth-order valence-corrected chi connectivity index (χ4v) is 2.89. The highest BCUT2D eigenvalue weighted by atomic mass is 16.2. The summed E-state index contributed by atoms with van der Waals surface area (Å²) in [5.74, 6) is -0.0471. The van der Waals surface area contributed by atoms with Crippen LogP contribution in [0.15, 0.2) is 53.6 Å². The minimum atomic E-state index is -0.394. The second kappa shape index (κ2) is 6.75. The van der Waals surface area contributed by atoms with E-state index in [0.29, 0.717) is 13.1 Å². The number of carbonyl (C=O) groups excluding carboxylic acids is 1. The van der Waals surface area contributed by atoms with Crippen LogP contribution in [-0.4, -0.2) is 51.9 Å². The molecule has 0 spiro atoms. The third-order valence-corrected chi connectivity index (χ3v) is 4.27. The number of likely N-dealkylation sites (N-methyl/N-ethyl adjacent to an activating group) is 1. The molecule has 1 aliphatic rings. The van der Waals surface area contributed by atoms with Crippen LogP contribution in [0.2, 0.25) is 0 Å². The fourth-order valence-electron chi connectivity index (χ4n) is 2.89. The van der Waals surface area contributed by atoms with E-state index in [1.54, 1.807) is 12.3 Å². The summed E-state index contributed by atoms with van der Waals surface area (Å²) >= 11 is 0. The monoisotopic (exact) mass is 312 g/mol. The molecule has 120 valence electrons. The van der Waals surface area contributed by atoms with E-state index in [1.807, 2.05) is 23.1 Å². The van der Waals surface area contributed by atoms with Crippen molar-refractivity contribution < 1.29 is 4.79 Å². The molecule has 1 aromatic carbocycles. The largest absolute Gasteiger partial charge is 0.347 e. The molecule has 1 saturated heterocycles. The van der Waals surface area contributed by atoms with Crippen molar-refractivity contribution in [3.63, 3.8) is 0 Å². The highest BCUT2D eigenvalue weighted by molar-refractivity contribution is 5.76. The first-order valence-corrected chi connectivity index (χ1v) is 7.69. The van der Waals surface area contributed by atoms with Crippen LogP contribution < -0.4 is 5.69 Å². The maximum absolute atomic E-state index is 12.5. The van der Waals surface area contributed by atoms with Gasteiger partial charge in [-0.25, -0.2) is 9.78 Å². The van der Waals surface area contributed by atoms with Crippen molar-refractivity contribution in [2.75, 3.05) is 26.7 Å². The molecule has 6 nitrogen and oxygen atoms in total. The predicted molar refractivity (Wildman–Crippen MR) is 86.9 cm³/mol. The molecule has 1 unspecified atom stereocenters. The molecule has 1 fully saturated rings. The standard InChI is InChI=1S/C17H20N4O2/c1-19-10-11-20(12-15(19)14-6-3-2-4-7-14)16(22)13-21-9-5-8-18-17(21)23/h2-9,15H,10-13H2,1H3. The lowest BCUT2D eigenvalue weighted by atomic mass is 10.0. The average molecular weight is 312 g/mol. The van der Waals surface area contributed by atoms with Gasteiger partial charge in [-0.15, -0.1) is 0 Å². The van der Waals surface area contributed by atoms with E-state index in [0.717, 1.165) is 6.54 Å². The van der Waals surface area contributed by atoms with Crippen LogP contribution in [0.25, 0.3) is 0 Å². The molecule has 1 aliphatic heterocycles. The van der Waals surface area contributed by atoms with Crippen molar-refractivity contribution in [1.29, 1.82) is 0 Å². The van der Waals surface area contributed by atoms with E-state index in [1.165, 1.54) is 16.3 Å². The van der Waals surface area contributed by atoms with Crippen LogP contribution in [0.3, 0.4) is 0 Å². The van der Waals surface area contributed by atoms with E-state index in [9.17, 15) is 9.59 Å². The predicted octanol–water partition coefficient (Wildman–Crippen LogP) is 0.759. The van der Waals surface area contributed by atoms with Gasteiger partial charge in [-0.05, 0) is 18.7 Å². The third-order valence-electron chi connectivity index (χ3n) is 4.27. The Morgan fingerprint density at radius 2 is 2.00 bits per heavy atom. The van der Waals surface area contributed by atoms with Gasteiger partial charge in [0.2, 0.25) is 5.91 Å². The molecule has 2 aromatic rings. The van der Waals surface area contributed by atoms with Crippen LogP contribution in [0.5, 0.6) is 0 Å². The molecule has 1 amide bonds. The number of hydrogen-bond acceptors (Lipinski definition) is 4. The smallest absolute Gasteiger partial charge is 0.338 e. The van der Waals surface area contributed by atoms with Gasteiger partial charge < -0.3 is 4.90 Å². The van der Waals surface area contributed by atoms with Gasteiger partial charge in [-0.1, -0.05) is 30.3 Å². The Morgan fingerprint density at radius 1 is 1.22 bits per heavy atom. The molecule has 0 N–H and O–H groups in total. The average Bonchev–Trinajstić information content (AvgIpc) is 2.58. The van der Waals surface area contributed by atoms with Crippen molar-refractivity contribution >= 4 is 5.91 Å². The lowest BCUT2D eigenvalue weighted by Crippen LogP contribution is -2.50. The summed E-state index contributed by atoms with van der Waals surface area (Å²) in [4.78, 5) is 31.9. The van der Waals surface area contributed by atoms with Crippen LogP contribution in [0.1, 0.15) is 11.6 Å². The maximum atomic E-state index is 12.5.